The number of aryl methyl sites for hydroxylation is 2. The number of benzene rings is 3. The molecule has 0 unspecified atom stereocenters. The van der Waals surface area contributed by atoms with E-state index in [1.807, 2.05) is 80.6 Å². The quantitative estimate of drug-likeness (QED) is 0.127. The Kier molecular flexibility index (Phi) is 9.58. The van der Waals surface area contributed by atoms with Crippen molar-refractivity contribution in [1.82, 2.24) is 30.0 Å². The zero-order valence-corrected chi connectivity index (χ0v) is 25.9. The molecule has 13 heteroatoms. The molecule has 0 aliphatic carbocycles. The maximum atomic E-state index is 5.85. The number of aromatic nitrogens is 4. The van der Waals surface area contributed by atoms with Gasteiger partial charge in [0, 0.05) is 36.0 Å². The van der Waals surface area contributed by atoms with Crippen molar-refractivity contribution >= 4 is 46.7 Å². The molecule has 0 spiro atoms. The van der Waals surface area contributed by atoms with Gasteiger partial charge in [-0.3, -0.25) is 5.43 Å². The van der Waals surface area contributed by atoms with Crippen molar-refractivity contribution in [2.75, 3.05) is 24.8 Å². The first-order valence-electron chi connectivity index (χ1n) is 13.4. The molecule has 3 N–H and O–H groups in total. The number of ether oxygens (including phenoxy) is 1. The fourth-order valence-corrected chi connectivity index (χ4v) is 4.61. The summed E-state index contributed by atoms with van der Waals surface area (Å²) < 4.78 is 11.9. The van der Waals surface area contributed by atoms with Crippen molar-refractivity contribution in [3.05, 3.63) is 107 Å². The summed E-state index contributed by atoms with van der Waals surface area (Å²) in [5, 5.41) is 10.7. The topological polar surface area (TPSA) is 126 Å². The van der Waals surface area contributed by atoms with Crippen LogP contribution in [-0.4, -0.2) is 44.4 Å². The number of hydrogen-bond donors (Lipinski definition) is 3. The minimum absolute atomic E-state index is 0.425. The fraction of sp³-hybridized carbons (Fsp3) is 0.129. The number of nitrogens with one attached hydrogen (secondary N) is 3. The smallest absolute Gasteiger partial charge is 0.232 e. The van der Waals surface area contributed by atoms with Crippen molar-refractivity contribution in [2.24, 2.45) is 5.10 Å². The van der Waals surface area contributed by atoms with Gasteiger partial charge in [0.25, 0.3) is 0 Å². The Morgan fingerprint density at radius 3 is 2.39 bits per heavy atom. The molecule has 0 atom stereocenters. The van der Waals surface area contributed by atoms with Gasteiger partial charge in [0.1, 0.15) is 10.9 Å². The number of hydrogen-bond acceptors (Lipinski definition) is 11. The number of anilines is 3. The van der Waals surface area contributed by atoms with Crippen molar-refractivity contribution in [3.63, 3.8) is 0 Å². The second-order valence-electron chi connectivity index (χ2n) is 9.49. The van der Waals surface area contributed by atoms with Gasteiger partial charge in [-0.2, -0.15) is 15.0 Å². The largest absolute Gasteiger partial charge is 0.496 e. The summed E-state index contributed by atoms with van der Waals surface area (Å²) in [6, 6.07) is 21.6. The van der Waals surface area contributed by atoms with Crippen LogP contribution < -0.4 is 20.8 Å². The van der Waals surface area contributed by atoms with Crippen molar-refractivity contribution in [3.8, 4) is 28.5 Å². The summed E-state index contributed by atoms with van der Waals surface area (Å²) in [7, 11) is 3.38. The van der Waals surface area contributed by atoms with Crippen LogP contribution >= 0.6 is 23.4 Å². The third-order valence-corrected chi connectivity index (χ3v) is 6.76. The van der Waals surface area contributed by atoms with Crippen molar-refractivity contribution < 1.29 is 9.15 Å². The maximum absolute atomic E-state index is 5.85. The third kappa shape index (κ3) is 7.44. The number of allylic oxidation sites excluding steroid dienone is 1. The van der Waals surface area contributed by atoms with E-state index in [4.69, 9.17) is 32.5 Å². The van der Waals surface area contributed by atoms with E-state index < -0.39 is 0 Å². The van der Waals surface area contributed by atoms with Gasteiger partial charge in [-0.05, 0) is 31.5 Å². The number of oxazole rings is 1. The van der Waals surface area contributed by atoms with E-state index in [2.05, 4.69) is 41.1 Å². The summed E-state index contributed by atoms with van der Waals surface area (Å²) >= 11 is 11.6. The lowest BCUT2D eigenvalue weighted by Gasteiger charge is -2.18. The first kappa shape index (κ1) is 30.3. The zero-order chi connectivity index (χ0) is 31.1. The molecule has 0 radical (unpaired) electrons. The molecule has 2 aromatic heterocycles. The Bertz CT molecular complexity index is 1790. The van der Waals surface area contributed by atoms with Gasteiger partial charge in [-0.15, -0.1) is 9.74 Å². The Hall–Kier alpha value is -5.13. The van der Waals surface area contributed by atoms with Crippen LogP contribution in [0.1, 0.15) is 16.7 Å². The average molecular weight is 631 g/mol. The van der Waals surface area contributed by atoms with Crippen molar-refractivity contribution in [2.45, 2.75) is 13.8 Å². The number of rotatable bonds is 7. The SMILES string of the molecule is CNc1nc(Nc2ccc(-c3cnco3)c(OC)c2)nc(-c2ccc(C)cc2)n1.Cc1ccccc1C1=NN(Cl)NC(Cl)=C1. The Morgan fingerprint density at radius 1 is 0.932 bits per heavy atom. The number of nitrogens with zero attached hydrogens (tertiary/aromatic N) is 6. The highest BCUT2D eigenvalue weighted by molar-refractivity contribution is 6.32. The first-order chi connectivity index (χ1) is 21.3. The van der Waals surface area contributed by atoms with Crippen LogP contribution in [0.3, 0.4) is 0 Å². The van der Waals surface area contributed by atoms with E-state index in [0.717, 1.165) is 38.3 Å². The van der Waals surface area contributed by atoms with Crippen LogP contribution in [0.2, 0.25) is 0 Å². The minimum Gasteiger partial charge on any atom is -0.496 e. The molecular weight excluding hydrogens is 601 g/mol. The number of hydrazone groups is 1. The summed E-state index contributed by atoms with van der Waals surface area (Å²) in [4.78, 5) is 17.4. The van der Waals surface area contributed by atoms with Gasteiger partial charge in [-0.25, -0.2) is 4.98 Å². The second kappa shape index (κ2) is 13.9. The van der Waals surface area contributed by atoms with Gasteiger partial charge in [0.15, 0.2) is 18.0 Å². The molecule has 11 nitrogen and oxygen atoms in total. The molecule has 3 aromatic carbocycles. The highest BCUT2D eigenvalue weighted by Crippen LogP contribution is 2.33. The van der Waals surface area contributed by atoms with Gasteiger partial charge in [-0.1, -0.05) is 65.7 Å². The molecule has 224 valence electrons. The van der Waals surface area contributed by atoms with Crippen LogP contribution in [0, 0.1) is 13.8 Å². The predicted molar refractivity (Wildman–Crippen MR) is 174 cm³/mol. The summed E-state index contributed by atoms with van der Waals surface area (Å²) in [6.07, 6.45) is 4.77. The molecule has 1 aliphatic rings. The average Bonchev–Trinajstić information content (AvgIpc) is 3.56. The van der Waals surface area contributed by atoms with Gasteiger partial charge < -0.3 is 19.8 Å². The standard InChI is InChI=1S/C21H20N6O2.C10H9Cl2N3/c1-13-4-6-14(7-5-13)19-25-20(22-2)27-21(26-19)24-15-8-9-16(17(10-15)28-3)18-11-23-12-29-18;1-7-4-2-3-5-8(7)9-6-10(11)14-15(12)13-9/h4-12H,1-3H3,(H2,22,24,25,26,27);2-6,14H,1H3. The Morgan fingerprint density at radius 2 is 1.70 bits per heavy atom. The molecular formula is C31H29Cl2N9O2. The molecule has 44 heavy (non-hydrogen) atoms. The first-order valence-corrected chi connectivity index (χ1v) is 14.1. The Balaban J connectivity index is 0.000000215. The van der Waals surface area contributed by atoms with Crippen LogP contribution in [0.25, 0.3) is 22.7 Å². The van der Waals surface area contributed by atoms with Crippen LogP contribution in [0.4, 0.5) is 17.6 Å². The fourth-order valence-electron chi connectivity index (χ4n) is 4.21. The lowest BCUT2D eigenvalue weighted by molar-refractivity contribution is 0.405. The molecule has 6 rings (SSSR count). The summed E-state index contributed by atoms with van der Waals surface area (Å²) in [6.45, 7) is 4.05. The minimum atomic E-state index is 0.425. The van der Waals surface area contributed by atoms with E-state index in [1.165, 1.54) is 12.0 Å². The van der Waals surface area contributed by atoms with Gasteiger partial charge in [0.2, 0.25) is 11.9 Å². The molecule has 0 fully saturated rings. The molecule has 5 aromatic rings. The van der Waals surface area contributed by atoms with Crippen molar-refractivity contribution in [1.29, 1.82) is 0 Å². The number of hydrazine groups is 1. The number of methoxy groups -OCH3 is 1. The van der Waals surface area contributed by atoms with Crippen LogP contribution in [0.5, 0.6) is 5.75 Å². The lowest BCUT2D eigenvalue weighted by atomic mass is 10.0. The molecule has 0 bridgehead atoms. The highest BCUT2D eigenvalue weighted by atomic mass is 35.5. The highest BCUT2D eigenvalue weighted by Gasteiger charge is 2.14. The monoisotopic (exact) mass is 629 g/mol. The van der Waals surface area contributed by atoms with Gasteiger partial charge in [0.05, 0.1) is 36.4 Å². The van der Waals surface area contributed by atoms with E-state index >= 15 is 0 Å². The zero-order valence-electron chi connectivity index (χ0n) is 24.3. The predicted octanol–water partition coefficient (Wildman–Crippen LogP) is 7.05. The van der Waals surface area contributed by atoms with Crippen LogP contribution in [-0.2, 0) is 0 Å². The van der Waals surface area contributed by atoms with E-state index in [1.54, 1.807) is 26.4 Å². The summed E-state index contributed by atoms with van der Waals surface area (Å²) in [5.41, 5.74) is 9.19. The van der Waals surface area contributed by atoms with Gasteiger partial charge >= 0.3 is 0 Å². The van der Waals surface area contributed by atoms with E-state index in [0.29, 0.717) is 34.4 Å². The Labute approximate surface area is 264 Å². The van der Waals surface area contributed by atoms with Crippen LogP contribution in [0.15, 0.2) is 100 Å². The van der Waals surface area contributed by atoms with E-state index in [9.17, 15) is 0 Å². The molecule has 0 amide bonds. The molecule has 1 aliphatic heterocycles. The second-order valence-corrected chi connectivity index (χ2v) is 10.2. The normalized spacial score (nSPS) is 12.3. The third-order valence-electron chi connectivity index (χ3n) is 6.40. The van der Waals surface area contributed by atoms with E-state index in [-0.39, 0.29) is 0 Å². The molecule has 3 heterocycles. The maximum Gasteiger partial charge on any atom is 0.232 e. The lowest BCUT2D eigenvalue weighted by Crippen LogP contribution is -2.28. The molecule has 0 saturated heterocycles. The molecule has 0 saturated carbocycles. The summed E-state index contributed by atoms with van der Waals surface area (Å²) in [5.74, 6) is 2.76. The number of halogens is 2.